The first-order valence-electron chi connectivity index (χ1n) is 10.1. The molecule has 0 bridgehead atoms. The van der Waals surface area contributed by atoms with Crippen molar-refractivity contribution in [2.24, 2.45) is 7.05 Å². The van der Waals surface area contributed by atoms with E-state index < -0.39 is 0 Å². The van der Waals surface area contributed by atoms with Gasteiger partial charge in [0.25, 0.3) is 0 Å². The van der Waals surface area contributed by atoms with Gasteiger partial charge in [0, 0.05) is 43.5 Å². The molecule has 0 saturated heterocycles. The number of nitrogens with zero attached hydrogens (tertiary/aromatic N) is 1. The van der Waals surface area contributed by atoms with E-state index in [4.69, 9.17) is 0 Å². The van der Waals surface area contributed by atoms with Crippen molar-refractivity contribution < 1.29 is 0 Å². The molecule has 1 nitrogen and oxygen atoms in total. The van der Waals surface area contributed by atoms with Crippen LogP contribution in [0.15, 0.2) is 54.6 Å². The summed E-state index contributed by atoms with van der Waals surface area (Å²) in [7, 11) is 2.26. The van der Waals surface area contributed by atoms with Gasteiger partial charge in [-0.1, -0.05) is 55.7 Å². The molecule has 2 heteroatoms. The summed E-state index contributed by atoms with van der Waals surface area (Å²) in [4.78, 5) is 0. The molecular formula is C25H23NS. The molecule has 0 spiro atoms. The van der Waals surface area contributed by atoms with E-state index in [0.717, 1.165) is 5.92 Å². The molecule has 2 heterocycles. The fourth-order valence-corrected chi connectivity index (χ4v) is 6.47. The van der Waals surface area contributed by atoms with Crippen molar-refractivity contribution in [2.45, 2.75) is 38.0 Å². The summed E-state index contributed by atoms with van der Waals surface area (Å²) >= 11 is 1.92. The number of aromatic nitrogens is 1. The molecule has 0 N–H and O–H groups in total. The second-order valence-corrected chi connectivity index (χ2v) is 9.15. The third-order valence-electron chi connectivity index (χ3n) is 6.60. The molecule has 1 aliphatic carbocycles. The number of benzene rings is 3. The first-order valence-corrected chi connectivity index (χ1v) is 11.0. The third-order valence-corrected chi connectivity index (χ3v) is 7.74. The number of thiophene rings is 1. The molecule has 0 radical (unpaired) electrons. The molecule has 3 aromatic carbocycles. The van der Waals surface area contributed by atoms with Crippen LogP contribution in [0.2, 0.25) is 0 Å². The van der Waals surface area contributed by atoms with E-state index in [1.807, 2.05) is 11.3 Å². The normalized spacial score (nSPS) is 16.2. The monoisotopic (exact) mass is 369 g/mol. The predicted molar refractivity (Wildman–Crippen MR) is 119 cm³/mol. The smallest absolute Gasteiger partial charge is 0.0524 e. The molecule has 1 saturated carbocycles. The van der Waals surface area contributed by atoms with Crippen LogP contribution in [0.3, 0.4) is 0 Å². The minimum Gasteiger partial charge on any atom is -0.343 e. The Kier molecular flexibility index (Phi) is 3.40. The van der Waals surface area contributed by atoms with Gasteiger partial charge in [-0.3, -0.25) is 0 Å². The number of para-hydroxylation sites is 1. The average molecular weight is 370 g/mol. The maximum Gasteiger partial charge on any atom is 0.0524 e. The topological polar surface area (TPSA) is 4.93 Å². The summed E-state index contributed by atoms with van der Waals surface area (Å²) in [6.07, 6.45) is 6.85. The fourth-order valence-electron chi connectivity index (χ4n) is 5.36. The van der Waals surface area contributed by atoms with Crippen LogP contribution in [-0.4, -0.2) is 4.57 Å². The summed E-state index contributed by atoms with van der Waals surface area (Å²) < 4.78 is 5.25. The van der Waals surface area contributed by atoms with Crippen LogP contribution < -0.4 is 0 Å². The second-order valence-electron chi connectivity index (χ2n) is 8.07. The van der Waals surface area contributed by atoms with E-state index in [9.17, 15) is 0 Å². The Morgan fingerprint density at radius 3 is 2.48 bits per heavy atom. The van der Waals surface area contributed by atoms with Gasteiger partial charge in [-0.05, 0) is 42.5 Å². The third kappa shape index (κ3) is 2.17. The molecule has 134 valence electrons. The van der Waals surface area contributed by atoms with Crippen LogP contribution in [0.4, 0.5) is 0 Å². The molecule has 1 aliphatic rings. The second kappa shape index (κ2) is 5.84. The van der Waals surface area contributed by atoms with Crippen molar-refractivity contribution in [3.8, 4) is 0 Å². The summed E-state index contributed by atoms with van der Waals surface area (Å²) in [6.45, 7) is 0. The molecule has 2 aromatic heterocycles. The molecule has 1 fully saturated rings. The molecule has 6 rings (SSSR count). The largest absolute Gasteiger partial charge is 0.343 e. The number of hydrogen-bond donors (Lipinski definition) is 0. The summed E-state index contributed by atoms with van der Waals surface area (Å²) in [5.74, 6) is 0.722. The van der Waals surface area contributed by atoms with Crippen molar-refractivity contribution in [1.29, 1.82) is 0 Å². The van der Waals surface area contributed by atoms with Crippen LogP contribution >= 0.6 is 11.3 Å². The van der Waals surface area contributed by atoms with E-state index in [1.165, 1.54) is 74.1 Å². The van der Waals surface area contributed by atoms with Gasteiger partial charge in [0.2, 0.25) is 0 Å². The van der Waals surface area contributed by atoms with E-state index in [0.29, 0.717) is 0 Å². The average Bonchev–Trinajstić information content (AvgIpc) is 3.24. The minimum atomic E-state index is 0.722. The Hall–Kier alpha value is -2.32. The first kappa shape index (κ1) is 15.7. The summed E-state index contributed by atoms with van der Waals surface area (Å²) in [5, 5.41) is 5.72. The van der Waals surface area contributed by atoms with Gasteiger partial charge in [0.15, 0.2) is 0 Å². The van der Waals surface area contributed by atoms with Crippen LogP contribution in [-0.2, 0) is 7.05 Å². The zero-order valence-corrected chi connectivity index (χ0v) is 16.5. The van der Waals surface area contributed by atoms with Crippen LogP contribution in [0.5, 0.6) is 0 Å². The Morgan fingerprint density at radius 1 is 0.778 bits per heavy atom. The molecule has 0 amide bonds. The van der Waals surface area contributed by atoms with Crippen molar-refractivity contribution >= 4 is 53.3 Å². The highest BCUT2D eigenvalue weighted by Gasteiger charge is 2.22. The van der Waals surface area contributed by atoms with Crippen LogP contribution in [0.25, 0.3) is 42.0 Å². The van der Waals surface area contributed by atoms with Crippen molar-refractivity contribution in [3.05, 3.63) is 60.2 Å². The molecule has 0 unspecified atom stereocenters. The fraction of sp³-hybridized carbons (Fsp3) is 0.280. The quantitative estimate of drug-likeness (QED) is 0.285. The van der Waals surface area contributed by atoms with Crippen molar-refractivity contribution in [3.63, 3.8) is 0 Å². The van der Waals surface area contributed by atoms with Crippen molar-refractivity contribution in [1.82, 2.24) is 4.57 Å². The number of aryl methyl sites for hydroxylation is 1. The lowest BCUT2D eigenvalue weighted by Crippen LogP contribution is -2.06. The molecule has 5 aromatic rings. The summed E-state index contributed by atoms with van der Waals surface area (Å²) in [5.41, 5.74) is 4.39. The highest BCUT2D eigenvalue weighted by molar-refractivity contribution is 7.26. The van der Waals surface area contributed by atoms with Gasteiger partial charge in [-0.15, -0.1) is 11.3 Å². The highest BCUT2D eigenvalue weighted by Crippen LogP contribution is 2.44. The van der Waals surface area contributed by atoms with Crippen LogP contribution in [0, 0.1) is 0 Å². The van der Waals surface area contributed by atoms with Crippen LogP contribution in [0.1, 0.15) is 43.6 Å². The zero-order valence-electron chi connectivity index (χ0n) is 15.7. The van der Waals surface area contributed by atoms with E-state index in [-0.39, 0.29) is 0 Å². The van der Waals surface area contributed by atoms with Gasteiger partial charge in [-0.25, -0.2) is 0 Å². The zero-order chi connectivity index (χ0) is 18.0. The van der Waals surface area contributed by atoms with Gasteiger partial charge in [0.1, 0.15) is 0 Å². The first-order chi connectivity index (χ1) is 13.3. The van der Waals surface area contributed by atoms with Gasteiger partial charge < -0.3 is 4.57 Å². The number of fused-ring (bicyclic) bond motifs is 7. The molecule has 27 heavy (non-hydrogen) atoms. The number of rotatable bonds is 1. The number of hydrogen-bond acceptors (Lipinski definition) is 1. The van der Waals surface area contributed by atoms with Gasteiger partial charge in [-0.2, -0.15) is 0 Å². The maximum absolute atomic E-state index is 2.46. The lowest BCUT2D eigenvalue weighted by molar-refractivity contribution is 0.445. The van der Waals surface area contributed by atoms with E-state index in [1.54, 1.807) is 5.56 Å². The van der Waals surface area contributed by atoms with Gasteiger partial charge in [0.05, 0.1) is 5.52 Å². The molecular weight excluding hydrogens is 346 g/mol. The lowest BCUT2D eigenvalue weighted by Gasteiger charge is -2.23. The van der Waals surface area contributed by atoms with Crippen molar-refractivity contribution in [2.75, 3.05) is 0 Å². The van der Waals surface area contributed by atoms with E-state index in [2.05, 4.69) is 66.2 Å². The Bertz CT molecular complexity index is 1310. The van der Waals surface area contributed by atoms with E-state index >= 15 is 0 Å². The SMILES string of the molecule is Cn1c2ccc3sc4ccccc4c3c2c2cccc(C3CCCCC3)c21. The summed E-state index contributed by atoms with van der Waals surface area (Å²) in [6, 6.07) is 20.5. The lowest BCUT2D eigenvalue weighted by atomic mass is 9.83. The Balaban J connectivity index is 1.78. The maximum atomic E-state index is 2.46. The standard InChI is InChI=1S/C25H23NS/c1-26-20-14-15-22-24(18-10-5-6-13-21(18)27-22)23(20)19-12-7-11-17(25(19)26)16-8-3-2-4-9-16/h5-7,10-16H,2-4,8-9H2,1H3. The van der Waals surface area contributed by atoms with Gasteiger partial charge >= 0.3 is 0 Å². The Labute approximate surface area is 163 Å². The predicted octanol–water partition coefficient (Wildman–Crippen LogP) is 7.75. The molecule has 0 atom stereocenters. The highest BCUT2D eigenvalue weighted by atomic mass is 32.1. The molecule has 0 aliphatic heterocycles. The minimum absolute atomic E-state index is 0.722. The Morgan fingerprint density at radius 2 is 1.59 bits per heavy atom.